The summed E-state index contributed by atoms with van der Waals surface area (Å²) >= 11 is 0. The van der Waals surface area contributed by atoms with Gasteiger partial charge in [-0.25, -0.2) is 4.98 Å². The van der Waals surface area contributed by atoms with Crippen LogP contribution in [0.5, 0.6) is 0 Å². The second kappa shape index (κ2) is 7.66. The topological polar surface area (TPSA) is 49.6 Å². The van der Waals surface area contributed by atoms with Gasteiger partial charge in [-0.05, 0) is 12.0 Å². The predicted octanol–water partition coefficient (Wildman–Crippen LogP) is 2.52. The average molecular weight is 348 g/mol. The largest absolute Gasteiger partial charge is 0.354 e. The Balaban J connectivity index is 1.39. The third kappa shape index (κ3) is 3.60. The van der Waals surface area contributed by atoms with Crippen LogP contribution in [0.15, 0.2) is 48.8 Å². The van der Waals surface area contributed by atoms with Gasteiger partial charge in [-0.2, -0.15) is 14.6 Å². The Bertz CT molecular complexity index is 878. The summed E-state index contributed by atoms with van der Waals surface area (Å²) in [7, 11) is 0. The molecule has 1 aliphatic heterocycles. The van der Waals surface area contributed by atoms with Gasteiger partial charge in [0.15, 0.2) is 0 Å². The van der Waals surface area contributed by atoms with Crippen LogP contribution in [0.3, 0.4) is 0 Å². The quantitative estimate of drug-likeness (QED) is 0.709. The number of benzene rings is 1. The normalized spacial score (nSPS) is 16.0. The Morgan fingerprint density at radius 3 is 2.65 bits per heavy atom. The molecule has 6 heteroatoms. The third-order valence-electron chi connectivity index (χ3n) is 4.82. The predicted molar refractivity (Wildman–Crippen MR) is 104 cm³/mol. The van der Waals surface area contributed by atoms with Gasteiger partial charge in [0.25, 0.3) is 5.78 Å². The van der Waals surface area contributed by atoms with E-state index in [1.165, 1.54) is 5.56 Å². The summed E-state index contributed by atoms with van der Waals surface area (Å²) < 4.78 is 1.85. The van der Waals surface area contributed by atoms with Crippen molar-refractivity contribution < 1.29 is 0 Å². The summed E-state index contributed by atoms with van der Waals surface area (Å²) in [5, 5.41) is 4.35. The lowest BCUT2D eigenvalue weighted by Crippen LogP contribution is -2.47. The summed E-state index contributed by atoms with van der Waals surface area (Å²) in [6.45, 7) is 7.16. The molecule has 134 valence electrons. The highest BCUT2D eigenvalue weighted by Crippen LogP contribution is 2.18. The van der Waals surface area contributed by atoms with Crippen LogP contribution < -0.4 is 4.90 Å². The maximum atomic E-state index is 4.54. The molecule has 3 heterocycles. The molecule has 6 nitrogen and oxygen atoms in total. The molecule has 0 N–H and O–H groups in total. The number of nitrogens with zero attached hydrogens (tertiary/aromatic N) is 6. The van der Waals surface area contributed by atoms with Crippen molar-refractivity contribution in [2.75, 3.05) is 37.6 Å². The standard InChI is InChI=1S/C20H24N6/c1-2-18-15-19(26-20(23-18)21-16-22-26)25-13-11-24(12-14-25)10-6-9-17-7-4-3-5-8-17/h3-9,15-16H,2,10-14H2,1H3/b9-6+. The fourth-order valence-electron chi connectivity index (χ4n) is 3.31. The summed E-state index contributed by atoms with van der Waals surface area (Å²) in [5.74, 6) is 1.79. The van der Waals surface area contributed by atoms with Gasteiger partial charge in [-0.15, -0.1) is 0 Å². The highest BCUT2D eigenvalue weighted by atomic mass is 15.4. The number of piperazine rings is 1. The highest BCUT2D eigenvalue weighted by Gasteiger charge is 2.19. The van der Waals surface area contributed by atoms with Crippen molar-refractivity contribution in [2.24, 2.45) is 0 Å². The van der Waals surface area contributed by atoms with Gasteiger partial charge in [0.1, 0.15) is 12.1 Å². The lowest BCUT2D eigenvalue weighted by molar-refractivity contribution is 0.283. The number of aromatic nitrogens is 4. The first-order valence-corrected chi connectivity index (χ1v) is 9.22. The van der Waals surface area contributed by atoms with Crippen molar-refractivity contribution in [2.45, 2.75) is 13.3 Å². The van der Waals surface area contributed by atoms with E-state index >= 15 is 0 Å². The minimum Gasteiger partial charge on any atom is -0.354 e. The van der Waals surface area contributed by atoms with Crippen molar-refractivity contribution in [1.29, 1.82) is 0 Å². The molecule has 1 fully saturated rings. The molecule has 0 amide bonds. The monoisotopic (exact) mass is 348 g/mol. The van der Waals surface area contributed by atoms with Crippen LogP contribution in [0.2, 0.25) is 0 Å². The molecular formula is C20H24N6. The number of anilines is 1. The molecule has 26 heavy (non-hydrogen) atoms. The maximum absolute atomic E-state index is 4.54. The SMILES string of the molecule is CCc1cc(N2CCN(C/C=C/c3ccccc3)CC2)n2ncnc2n1. The molecule has 0 unspecified atom stereocenters. The van der Waals surface area contributed by atoms with Crippen molar-refractivity contribution in [3.05, 3.63) is 60.1 Å². The second-order valence-electron chi connectivity index (χ2n) is 6.53. The van der Waals surface area contributed by atoms with Gasteiger partial charge in [0.2, 0.25) is 0 Å². The van der Waals surface area contributed by atoms with Crippen molar-refractivity contribution >= 4 is 17.7 Å². The molecule has 0 atom stereocenters. The zero-order valence-corrected chi connectivity index (χ0v) is 15.1. The Morgan fingerprint density at radius 2 is 1.88 bits per heavy atom. The Kier molecular flexibility index (Phi) is 4.93. The summed E-state index contributed by atoms with van der Waals surface area (Å²) in [5.41, 5.74) is 2.32. The lowest BCUT2D eigenvalue weighted by atomic mass is 10.2. The number of hydrogen-bond donors (Lipinski definition) is 0. The van der Waals surface area contributed by atoms with E-state index in [2.05, 4.69) is 74.3 Å². The van der Waals surface area contributed by atoms with Gasteiger partial charge in [0.05, 0.1) is 0 Å². The lowest BCUT2D eigenvalue weighted by Gasteiger charge is -2.35. The van der Waals surface area contributed by atoms with Crippen molar-refractivity contribution in [1.82, 2.24) is 24.5 Å². The van der Waals surface area contributed by atoms with E-state index in [1.807, 2.05) is 10.6 Å². The van der Waals surface area contributed by atoms with Crippen LogP contribution in [-0.4, -0.2) is 57.2 Å². The fraction of sp³-hybridized carbons (Fsp3) is 0.350. The molecule has 2 aromatic heterocycles. The molecule has 1 aliphatic rings. The zero-order valence-electron chi connectivity index (χ0n) is 15.1. The number of aryl methyl sites for hydroxylation is 1. The smallest absolute Gasteiger partial charge is 0.254 e. The van der Waals surface area contributed by atoms with E-state index in [4.69, 9.17) is 0 Å². The Labute approximate surface area is 153 Å². The van der Waals surface area contributed by atoms with Crippen LogP contribution in [0.1, 0.15) is 18.2 Å². The first kappa shape index (κ1) is 16.7. The Hall–Kier alpha value is -2.73. The van der Waals surface area contributed by atoms with Crippen LogP contribution in [0.4, 0.5) is 5.82 Å². The van der Waals surface area contributed by atoms with Gasteiger partial charge in [0, 0.05) is 44.5 Å². The minimum atomic E-state index is 0.688. The second-order valence-corrected chi connectivity index (χ2v) is 6.53. The van der Waals surface area contributed by atoms with E-state index in [-0.39, 0.29) is 0 Å². The minimum absolute atomic E-state index is 0.688. The van der Waals surface area contributed by atoms with Crippen molar-refractivity contribution in [3.8, 4) is 0 Å². The van der Waals surface area contributed by atoms with Crippen molar-refractivity contribution in [3.63, 3.8) is 0 Å². The molecular weight excluding hydrogens is 324 g/mol. The van der Waals surface area contributed by atoms with E-state index in [9.17, 15) is 0 Å². The molecule has 1 aromatic carbocycles. The van der Waals surface area contributed by atoms with Gasteiger partial charge in [-0.1, -0.05) is 49.4 Å². The Morgan fingerprint density at radius 1 is 1.08 bits per heavy atom. The summed E-state index contributed by atoms with van der Waals surface area (Å²) in [6, 6.07) is 12.6. The maximum Gasteiger partial charge on any atom is 0.254 e. The molecule has 4 rings (SSSR count). The molecule has 0 bridgehead atoms. The van der Waals surface area contributed by atoms with E-state index in [0.29, 0.717) is 5.78 Å². The zero-order chi connectivity index (χ0) is 17.8. The van der Waals surface area contributed by atoms with E-state index in [1.54, 1.807) is 6.33 Å². The first-order valence-electron chi connectivity index (χ1n) is 9.22. The van der Waals surface area contributed by atoms with Gasteiger partial charge < -0.3 is 4.90 Å². The van der Waals surface area contributed by atoms with Crippen LogP contribution in [0, 0.1) is 0 Å². The molecule has 0 spiro atoms. The average Bonchev–Trinajstić information content (AvgIpc) is 3.17. The van der Waals surface area contributed by atoms with Crippen LogP contribution >= 0.6 is 0 Å². The molecule has 1 saturated heterocycles. The van der Waals surface area contributed by atoms with Crippen LogP contribution in [-0.2, 0) is 6.42 Å². The fourth-order valence-corrected chi connectivity index (χ4v) is 3.31. The molecule has 0 saturated carbocycles. The van der Waals surface area contributed by atoms with Gasteiger partial charge >= 0.3 is 0 Å². The number of hydrogen-bond acceptors (Lipinski definition) is 5. The third-order valence-corrected chi connectivity index (χ3v) is 4.82. The number of fused-ring (bicyclic) bond motifs is 1. The highest BCUT2D eigenvalue weighted by molar-refractivity contribution is 5.49. The summed E-state index contributed by atoms with van der Waals surface area (Å²) in [6.07, 6.45) is 6.93. The molecule has 0 aliphatic carbocycles. The molecule has 3 aromatic rings. The van der Waals surface area contributed by atoms with E-state index in [0.717, 1.165) is 50.7 Å². The first-order chi connectivity index (χ1) is 12.8. The number of rotatable bonds is 5. The molecule has 0 radical (unpaired) electrons. The van der Waals surface area contributed by atoms with E-state index < -0.39 is 0 Å². The van der Waals surface area contributed by atoms with Crippen LogP contribution in [0.25, 0.3) is 11.9 Å². The van der Waals surface area contributed by atoms with Gasteiger partial charge in [-0.3, -0.25) is 4.90 Å². The summed E-state index contributed by atoms with van der Waals surface area (Å²) in [4.78, 5) is 13.7.